The molecule has 2 N–H and O–H groups in total. The Hall–Kier alpha value is -1.22. The predicted molar refractivity (Wildman–Crippen MR) is 98.0 cm³/mol. The summed E-state index contributed by atoms with van der Waals surface area (Å²) in [6.45, 7) is 1.91. The van der Waals surface area contributed by atoms with E-state index in [1.807, 2.05) is 12.1 Å². The summed E-state index contributed by atoms with van der Waals surface area (Å²) in [6, 6.07) is 5.40. The van der Waals surface area contributed by atoms with Crippen molar-refractivity contribution in [1.82, 2.24) is 10.2 Å². The van der Waals surface area contributed by atoms with E-state index in [-0.39, 0.29) is 30.9 Å². The SMILES string of the molecule is C[C@]1(O)C[C@H](NC(=O)CN2C[C@@]3(C[C@H]3F)c3cc(I)ccc3C2=O)C1. The van der Waals surface area contributed by atoms with Gasteiger partial charge in [0.15, 0.2) is 0 Å². The minimum Gasteiger partial charge on any atom is -0.390 e. The lowest BCUT2D eigenvalue weighted by atomic mass is 9.77. The molecule has 2 amide bonds. The van der Waals surface area contributed by atoms with Crippen LogP contribution in [0.25, 0.3) is 0 Å². The molecule has 2 atom stereocenters. The zero-order valence-electron chi connectivity index (χ0n) is 13.9. The minimum atomic E-state index is -0.968. The molecule has 1 aromatic carbocycles. The number of carbonyl (C=O) groups is 2. The molecule has 0 saturated heterocycles. The maximum absolute atomic E-state index is 14.2. The molecule has 3 aliphatic rings. The van der Waals surface area contributed by atoms with Crippen molar-refractivity contribution in [2.45, 2.75) is 49.4 Å². The molecule has 1 aliphatic heterocycles. The highest BCUT2D eigenvalue weighted by Crippen LogP contribution is 2.54. The topological polar surface area (TPSA) is 69.6 Å². The zero-order valence-corrected chi connectivity index (χ0v) is 16.0. The van der Waals surface area contributed by atoms with E-state index in [4.69, 9.17) is 0 Å². The Labute approximate surface area is 159 Å². The Bertz CT molecular complexity index is 761. The van der Waals surface area contributed by atoms with Crippen molar-refractivity contribution in [2.75, 3.05) is 13.1 Å². The van der Waals surface area contributed by atoms with Crippen LogP contribution in [-0.2, 0) is 10.2 Å². The van der Waals surface area contributed by atoms with Gasteiger partial charge in [0.25, 0.3) is 5.91 Å². The molecule has 25 heavy (non-hydrogen) atoms. The van der Waals surface area contributed by atoms with Crippen molar-refractivity contribution in [1.29, 1.82) is 0 Å². The molecule has 7 heteroatoms. The standard InChI is InChI=1S/C18H20FIN2O3/c1-17(25)5-11(6-17)21-15(23)8-22-9-18(7-14(18)19)13-4-10(20)2-3-12(13)16(22)24/h2-4,11,14,25H,5-9H2,1H3,(H,21,23)/t11-,14-,17-,18+/m1/s1. The van der Waals surface area contributed by atoms with E-state index in [0.717, 1.165) is 9.13 Å². The first-order valence-electron chi connectivity index (χ1n) is 8.45. The van der Waals surface area contributed by atoms with Gasteiger partial charge in [0, 0.05) is 27.1 Å². The number of nitrogens with one attached hydrogen (secondary N) is 1. The number of amides is 2. The average Bonchev–Trinajstić information content (AvgIpc) is 3.13. The molecular formula is C18H20FIN2O3. The maximum atomic E-state index is 14.2. The highest BCUT2D eigenvalue weighted by molar-refractivity contribution is 14.1. The second kappa shape index (κ2) is 5.64. The van der Waals surface area contributed by atoms with Crippen LogP contribution in [0.5, 0.6) is 0 Å². The van der Waals surface area contributed by atoms with Gasteiger partial charge in [0.2, 0.25) is 5.91 Å². The zero-order chi connectivity index (χ0) is 18.0. The number of nitrogens with zero attached hydrogens (tertiary/aromatic N) is 1. The molecular weight excluding hydrogens is 438 g/mol. The molecule has 2 aliphatic carbocycles. The smallest absolute Gasteiger partial charge is 0.254 e. The van der Waals surface area contributed by atoms with Crippen LogP contribution in [0.3, 0.4) is 0 Å². The van der Waals surface area contributed by atoms with Crippen LogP contribution in [0.15, 0.2) is 18.2 Å². The van der Waals surface area contributed by atoms with Gasteiger partial charge in [-0.05, 0) is 72.5 Å². The molecule has 1 heterocycles. The number of hydrogen-bond donors (Lipinski definition) is 2. The van der Waals surface area contributed by atoms with Gasteiger partial charge in [0.05, 0.1) is 12.1 Å². The lowest BCUT2D eigenvalue weighted by Gasteiger charge is -2.41. The second-order valence-corrected chi connectivity index (χ2v) is 9.09. The lowest BCUT2D eigenvalue weighted by molar-refractivity contribution is -0.125. The highest BCUT2D eigenvalue weighted by Gasteiger charge is 2.61. The van der Waals surface area contributed by atoms with E-state index in [9.17, 15) is 19.1 Å². The Morgan fingerprint density at radius 3 is 2.72 bits per heavy atom. The Balaban J connectivity index is 1.49. The molecule has 2 saturated carbocycles. The number of aliphatic hydroxyl groups is 1. The average molecular weight is 458 g/mol. The number of fused-ring (bicyclic) bond motifs is 2. The van der Waals surface area contributed by atoms with Gasteiger partial charge in [-0.15, -0.1) is 0 Å². The van der Waals surface area contributed by atoms with Crippen LogP contribution in [0.2, 0.25) is 0 Å². The van der Waals surface area contributed by atoms with Gasteiger partial charge in [-0.25, -0.2) is 4.39 Å². The summed E-state index contributed by atoms with van der Waals surface area (Å²) >= 11 is 2.16. The summed E-state index contributed by atoms with van der Waals surface area (Å²) in [6.07, 6.45) is 0.469. The van der Waals surface area contributed by atoms with Crippen molar-refractivity contribution < 1.29 is 19.1 Å². The Morgan fingerprint density at radius 1 is 1.44 bits per heavy atom. The predicted octanol–water partition coefficient (Wildman–Crippen LogP) is 1.76. The fourth-order valence-corrected chi connectivity index (χ4v) is 4.66. The van der Waals surface area contributed by atoms with Crippen LogP contribution >= 0.6 is 22.6 Å². The first-order chi connectivity index (χ1) is 11.7. The van der Waals surface area contributed by atoms with Crippen LogP contribution in [-0.4, -0.2) is 52.7 Å². The summed E-state index contributed by atoms with van der Waals surface area (Å²) in [7, 11) is 0. The van der Waals surface area contributed by atoms with Gasteiger partial charge >= 0.3 is 0 Å². The van der Waals surface area contributed by atoms with Gasteiger partial charge in [-0.2, -0.15) is 0 Å². The monoisotopic (exact) mass is 458 g/mol. The molecule has 1 aromatic rings. The van der Waals surface area contributed by atoms with Crippen molar-refractivity contribution in [3.05, 3.63) is 32.9 Å². The maximum Gasteiger partial charge on any atom is 0.254 e. The van der Waals surface area contributed by atoms with E-state index >= 15 is 0 Å². The van der Waals surface area contributed by atoms with E-state index < -0.39 is 17.2 Å². The number of hydrogen-bond acceptors (Lipinski definition) is 3. The van der Waals surface area contributed by atoms with E-state index in [1.165, 1.54) is 4.90 Å². The Morgan fingerprint density at radius 2 is 2.12 bits per heavy atom. The van der Waals surface area contributed by atoms with Gasteiger partial charge in [0.1, 0.15) is 6.17 Å². The number of halogens is 2. The number of alkyl halides is 1. The lowest BCUT2D eigenvalue weighted by Crippen LogP contribution is -2.56. The van der Waals surface area contributed by atoms with Crippen molar-refractivity contribution in [2.24, 2.45) is 0 Å². The van der Waals surface area contributed by atoms with Crippen molar-refractivity contribution in [3.8, 4) is 0 Å². The fraction of sp³-hybridized carbons (Fsp3) is 0.556. The van der Waals surface area contributed by atoms with E-state index in [0.29, 0.717) is 24.8 Å². The summed E-state index contributed by atoms with van der Waals surface area (Å²) in [5, 5.41) is 12.6. The van der Waals surface area contributed by atoms with Crippen LogP contribution in [0.1, 0.15) is 42.1 Å². The molecule has 0 radical (unpaired) electrons. The van der Waals surface area contributed by atoms with Crippen LogP contribution < -0.4 is 5.32 Å². The minimum absolute atomic E-state index is 0.0555. The first kappa shape index (κ1) is 17.2. The number of rotatable bonds is 3. The largest absolute Gasteiger partial charge is 0.390 e. The first-order valence-corrected chi connectivity index (χ1v) is 9.53. The van der Waals surface area contributed by atoms with Crippen molar-refractivity contribution in [3.63, 3.8) is 0 Å². The van der Waals surface area contributed by atoms with Crippen molar-refractivity contribution >= 4 is 34.4 Å². The van der Waals surface area contributed by atoms with E-state index in [2.05, 4.69) is 27.9 Å². The van der Waals surface area contributed by atoms with E-state index in [1.54, 1.807) is 13.0 Å². The fourth-order valence-electron chi connectivity index (χ4n) is 4.16. The molecule has 1 spiro atoms. The molecule has 5 nitrogen and oxygen atoms in total. The second-order valence-electron chi connectivity index (χ2n) is 7.85. The van der Waals surface area contributed by atoms with Gasteiger partial charge in [-0.1, -0.05) is 0 Å². The third-order valence-corrected chi connectivity index (χ3v) is 6.23. The summed E-state index contributed by atoms with van der Waals surface area (Å²) in [5.41, 5.74) is -0.0749. The Kier molecular flexibility index (Phi) is 3.88. The third kappa shape index (κ3) is 2.95. The third-order valence-electron chi connectivity index (χ3n) is 5.56. The quantitative estimate of drug-likeness (QED) is 0.679. The molecule has 134 valence electrons. The summed E-state index contributed by atoms with van der Waals surface area (Å²) < 4.78 is 15.2. The van der Waals surface area contributed by atoms with Crippen LogP contribution in [0.4, 0.5) is 4.39 Å². The normalized spacial score (nSPS) is 36.0. The molecule has 0 aromatic heterocycles. The molecule has 0 unspecified atom stereocenters. The number of benzene rings is 1. The summed E-state index contributed by atoms with van der Waals surface area (Å²) in [5.74, 6) is -0.471. The molecule has 4 rings (SSSR count). The molecule has 0 bridgehead atoms. The van der Waals surface area contributed by atoms with Gasteiger partial charge < -0.3 is 15.3 Å². The number of carbonyl (C=O) groups excluding carboxylic acids is 2. The molecule has 2 fully saturated rings. The summed E-state index contributed by atoms with van der Waals surface area (Å²) in [4.78, 5) is 26.5. The van der Waals surface area contributed by atoms with Gasteiger partial charge in [-0.3, -0.25) is 9.59 Å². The van der Waals surface area contributed by atoms with Crippen LogP contribution in [0, 0.1) is 3.57 Å². The highest BCUT2D eigenvalue weighted by atomic mass is 127.